The van der Waals surface area contributed by atoms with Gasteiger partial charge in [0.05, 0.1) is 5.02 Å². The average molecular weight is 266 g/mol. The van der Waals surface area contributed by atoms with Crippen molar-refractivity contribution >= 4 is 11.6 Å². The molecule has 0 radical (unpaired) electrons. The Morgan fingerprint density at radius 1 is 1.50 bits per heavy atom. The Morgan fingerprint density at radius 2 is 2.33 bits per heavy atom. The molecule has 4 heteroatoms. The molecule has 98 valence electrons. The molecule has 0 amide bonds. The Balaban J connectivity index is 1.68. The minimum Gasteiger partial charge on any atom is -0.311 e. The van der Waals surface area contributed by atoms with Gasteiger partial charge in [-0.1, -0.05) is 11.6 Å². The quantitative estimate of drug-likeness (QED) is 0.909. The molecule has 1 N–H and O–H groups in total. The molecule has 0 aromatic carbocycles. The average Bonchev–Trinajstić information content (AvgIpc) is 3.19. The molecule has 18 heavy (non-hydrogen) atoms. The number of aromatic nitrogens is 1. The standard InChI is InChI=1S/C14H20ClN3/c1-10-6-17-14(11-2-3-11)9-18(10)8-12-4-5-16-7-13(12)15/h4-5,7,10-11,14,17H,2-3,6,8-9H2,1H3. The monoisotopic (exact) mass is 265 g/mol. The van der Waals surface area contributed by atoms with E-state index in [-0.39, 0.29) is 0 Å². The van der Waals surface area contributed by atoms with Crippen LogP contribution in [0.3, 0.4) is 0 Å². The first-order valence-corrected chi connectivity index (χ1v) is 7.17. The van der Waals surface area contributed by atoms with E-state index < -0.39 is 0 Å². The van der Waals surface area contributed by atoms with Gasteiger partial charge in [0.1, 0.15) is 0 Å². The van der Waals surface area contributed by atoms with Crippen LogP contribution in [0.15, 0.2) is 18.5 Å². The molecule has 3 rings (SSSR count). The largest absolute Gasteiger partial charge is 0.311 e. The van der Waals surface area contributed by atoms with Crippen LogP contribution in [-0.2, 0) is 6.54 Å². The molecule has 2 aliphatic rings. The van der Waals surface area contributed by atoms with Crippen molar-refractivity contribution in [3.05, 3.63) is 29.0 Å². The van der Waals surface area contributed by atoms with E-state index in [2.05, 4.69) is 22.1 Å². The van der Waals surface area contributed by atoms with Crippen molar-refractivity contribution in [1.29, 1.82) is 0 Å². The zero-order valence-electron chi connectivity index (χ0n) is 10.8. The molecule has 2 heterocycles. The van der Waals surface area contributed by atoms with Crippen molar-refractivity contribution in [1.82, 2.24) is 15.2 Å². The van der Waals surface area contributed by atoms with Crippen molar-refractivity contribution in [3.8, 4) is 0 Å². The second kappa shape index (κ2) is 5.16. The lowest BCUT2D eigenvalue weighted by atomic mass is 10.1. The summed E-state index contributed by atoms with van der Waals surface area (Å²) >= 11 is 6.20. The predicted molar refractivity (Wildman–Crippen MR) is 73.6 cm³/mol. The number of hydrogen-bond donors (Lipinski definition) is 1. The smallest absolute Gasteiger partial charge is 0.0634 e. The molecule has 3 nitrogen and oxygen atoms in total. The van der Waals surface area contributed by atoms with E-state index in [0.29, 0.717) is 12.1 Å². The Bertz CT molecular complexity index is 419. The number of halogens is 1. The fraction of sp³-hybridized carbons (Fsp3) is 0.643. The molecule has 1 aromatic rings. The van der Waals surface area contributed by atoms with Crippen LogP contribution in [0.5, 0.6) is 0 Å². The highest BCUT2D eigenvalue weighted by Crippen LogP contribution is 2.34. The van der Waals surface area contributed by atoms with Gasteiger partial charge >= 0.3 is 0 Å². The van der Waals surface area contributed by atoms with E-state index in [4.69, 9.17) is 11.6 Å². The zero-order chi connectivity index (χ0) is 12.5. The third-order valence-electron chi connectivity index (χ3n) is 4.15. The van der Waals surface area contributed by atoms with Crippen LogP contribution in [0.1, 0.15) is 25.3 Å². The highest BCUT2D eigenvalue weighted by atomic mass is 35.5. The molecule has 1 saturated heterocycles. The highest BCUT2D eigenvalue weighted by Gasteiger charge is 2.35. The molecule has 1 saturated carbocycles. The first kappa shape index (κ1) is 12.4. The fourth-order valence-corrected chi connectivity index (χ4v) is 2.91. The van der Waals surface area contributed by atoms with Crippen LogP contribution >= 0.6 is 11.6 Å². The van der Waals surface area contributed by atoms with Crippen molar-refractivity contribution in [2.75, 3.05) is 13.1 Å². The van der Waals surface area contributed by atoms with E-state index in [1.165, 1.54) is 18.4 Å². The van der Waals surface area contributed by atoms with Gasteiger partial charge in [-0.2, -0.15) is 0 Å². The van der Waals surface area contributed by atoms with Crippen molar-refractivity contribution in [2.24, 2.45) is 5.92 Å². The predicted octanol–water partition coefficient (Wildman–Crippen LogP) is 2.31. The van der Waals surface area contributed by atoms with Crippen LogP contribution in [0.4, 0.5) is 0 Å². The molecular weight excluding hydrogens is 246 g/mol. The molecule has 1 aliphatic heterocycles. The Morgan fingerprint density at radius 3 is 3.06 bits per heavy atom. The van der Waals surface area contributed by atoms with Crippen LogP contribution in [-0.4, -0.2) is 35.1 Å². The summed E-state index contributed by atoms with van der Waals surface area (Å²) < 4.78 is 0. The SMILES string of the molecule is CC1CNC(C2CC2)CN1Cc1ccncc1Cl. The lowest BCUT2D eigenvalue weighted by molar-refractivity contribution is 0.125. The number of rotatable bonds is 3. The van der Waals surface area contributed by atoms with Gasteiger partial charge in [-0.25, -0.2) is 0 Å². The van der Waals surface area contributed by atoms with Gasteiger partial charge in [-0.3, -0.25) is 9.88 Å². The Kier molecular flexibility index (Phi) is 3.55. The van der Waals surface area contributed by atoms with E-state index in [0.717, 1.165) is 30.6 Å². The summed E-state index contributed by atoms with van der Waals surface area (Å²) in [6.45, 7) is 5.45. The van der Waals surface area contributed by atoms with Gasteiger partial charge in [0.25, 0.3) is 0 Å². The number of hydrogen-bond acceptors (Lipinski definition) is 3. The van der Waals surface area contributed by atoms with Crippen LogP contribution in [0, 0.1) is 5.92 Å². The first-order valence-electron chi connectivity index (χ1n) is 6.80. The number of nitrogens with one attached hydrogen (secondary N) is 1. The van der Waals surface area contributed by atoms with E-state index in [1.54, 1.807) is 6.20 Å². The number of nitrogens with zero attached hydrogens (tertiary/aromatic N) is 2. The lowest BCUT2D eigenvalue weighted by Gasteiger charge is -2.39. The second-order valence-electron chi connectivity index (χ2n) is 5.60. The molecule has 1 aromatic heterocycles. The van der Waals surface area contributed by atoms with Crippen LogP contribution in [0.2, 0.25) is 5.02 Å². The second-order valence-corrected chi connectivity index (χ2v) is 6.00. The molecule has 2 atom stereocenters. The zero-order valence-corrected chi connectivity index (χ0v) is 11.5. The molecule has 0 spiro atoms. The normalized spacial score (nSPS) is 29.4. The maximum absolute atomic E-state index is 6.20. The molecule has 1 aliphatic carbocycles. The van der Waals surface area contributed by atoms with Crippen molar-refractivity contribution in [3.63, 3.8) is 0 Å². The molecule has 0 bridgehead atoms. The topological polar surface area (TPSA) is 28.2 Å². The maximum atomic E-state index is 6.20. The first-order chi connectivity index (χ1) is 8.74. The number of pyridine rings is 1. The minimum absolute atomic E-state index is 0.573. The number of piperazine rings is 1. The van der Waals surface area contributed by atoms with Gasteiger partial charge in [0.2, 0.25) is 0 Å². The Labute approximate surface area is 114 Å². The van der Waals surface area contributed by atoms with E-state index in [1.807, 2.05) is 12.3 Å². The third-order valence-corrected chi connectivity index (χ3v) is 4.49. The summed E-state index contributed by atoms with van der Waals surface area (Å²) in [5, 5.41) is 4.46. The summed E-state index contributed by atoms with van der Waals surface area (Å²) in [6.07, 6.45) is 6.36. The fourth-order valence-electron chi connectivity index (χ4n) is 2.73. The van der Waals surface area contributed by atoms with Gasteiger partial charge in [-0.15, -0.1) is 0 Å². The van der Waals surface area contributed by atoms with Gasteiger partial charge in [0.15, 0.2) is 0 Å². The summed E-state index contributed by atoms with van der Waals surface area (Å²) in [4.78, 5) is 6.59. The van der Waals surface area contributed by atoms with E-state index in [9.17, 15) is 0 Å². The van der Waals surface area contributed by atoms with Crippen molar-refractivity contribution < 1.29 is 0 Å². The third kappa shape index (κ3) is 2.68. The molecule has 2 fully saturated rings. The Hall–Kier alpha value is -0.640. The lowest BCUT2D eigenvalue weighted by Crippen LogP contribution is -2.55. The van der Waals surface area contributed by atoms with Gasteiger partial charge in [0, 0.05) is 44.1 Å². The van der Waals surface area contributed by atoms with Crippen molar-refractivity contribution in [2.45, 2.75) is 38.4 Å². The summed E-state index contributed by atoms with van der Waals surface area (Å²) in [6, 6.07) is 3.29. The molecule has 2 unspecified atom stereocenters. The summed E-state index contributed by atoms with van der Waals surface area (Å²) in [5.41, 5.74) is 1.19. The minimum atomic E-state index is 0.573. The van der Waals surface area contributed by atoms with Crippen LogP contribution in [0.25, 0.3) is 0 Å². The van der Waals surface area contributed by atoms with Gasteiger partial charge in [-0.05, 0) is 37.3 Å². The summed E-state index contributed by atoms with van der Waals surface area (Å²) in [5.74, 6) is 0.910. The highest BCUT2D eigenvalue weighted by molar-refractivity contribution is 6.31. The maximum Gasteiger partial charge on any atom is 0.0634 e. The van der Waals surface area contributed by atoms with Gasteiger partial charge < -0.3 is 5.32 Å². The molecular formula is C14H20ClN3. The van der Waals surface area contributed by atoms with Crippen LogP contribution < -0.4 is 5.32 Å². The summed E-state index contributed by atoms with van der Waals surface area (Å²) in [7, 11) is 0. The van der Waals surface area contributed by atoms with E-state index >= 15 is 0 Å².